The van der Waals surface area contributed by atoms with Gasteiger partial charge in [0.2, 0.25) is 0 Å². The molecule has 0 saturated heterocycles. The van der Waals surface area contributed by atoms with E-state index in [9.17, 15) is 5.11 Å². The van der Waals surface area contributed by atoms with Crippen molar-refractivity contribution in [3.8, 4) is 11.5 Å². The van der Waals surface area contributed by atoms with Crippen LogP contribution in [0, 0.1) is 0 Å². The van der Waals surface area contributed by atoms with Crippen LogP contribution in [-0.4, -0.2) is 34.9 Å². The SMILES string of the molecule is COc1cc(C=NNC(N)=S)cc(/C=N/NC(N)=S)c1O. The van der Waals surface area contributed by atoms with Gasteiger partial charge in [0.1, 0.15) is 0 Å². The van der Waals surface area contributed by atoms with Crippen LogP contribution in [0.2, 0.25) is 0 Å². The Kier molecular flexibility index (Phi) is 6.30. The number of phenols is 1. The molecule has 1 aromatic rings. The van der Waals surface area contributed by atoms with E-state index in [1.54, 1.807) is 12.1 Å². The van der Waals surface area contributed by atoms with Gasteiger partial charge in [-0.15, -0.1) is 0 Å². The summed E-state index contributed by atoms with van der Waals surface area (Å²) in [5.41, 5.74) is 16.3. The van der Waals surface area contributed by atoms with Crippen LogP contribution in [-0.2, 0) is 0 Å². The third kappa shape index (κ3) is 5.58. The molecule has 0 amide bonds. The van der Waals surface area contributed by atoms with E-state index in [-0.39, 0.29) is 21.7 Å². The van der Waals surface area contributed by atoms with Crippen molar-refractivity contribution >= 4 is 47.1 Å². The molecule has 10 heteroatoms. The van der Waals surface area contributed by atoms with Crippen molar-refractivity contribution in [2.24, 2.45) is 21.7 Å². The first-order valence-corrected chi connectivity index (χ1v) is 6.33. The van der Waals surface area contributed by atoms with Crippen LogP contribution in [0.15, 0.2) is 22.3 Å². The minimum atomic E-state index is -0.0783. The van der Waals surface area contributed by atoms with Crippen LogP contribution in [0.25, 0.3) is 0 Å². The Morgan fingerprint density at radius 3 is 2.29 bits per heavy atom. The molecule has 0 aliphatic heterocycles. The van der Waals surface area contributed by atoms with Crippen molar-refractivity contribution in [3.63, 3.8) is 0 Å². The smallest absolute Gasteiger partial charge is 0.184 e. The quantitative estimate of drug-likeness (QED) is 0.284. The fraction of sp³-hybridized carbons (Fsp3) is 0.0909. The standard InChI is InChI=1S/C11H14N6O2S2/c1-19-8-3-6(4-14-16-10(12)20)2-7(9(8)18)5-15-17-11(13)21/h2-5,18H,1H3,(H3,12,16,20)(H3,13,17,21)/b14-4?,15-5+. The number of aromatic hydroxyl groups is 1. The van der Waals surface area contributed by atoms with E-state index in [1.807, 2.05) is 0 Å². The van der Waals surface area contributed by atoms with Gasteiger partial charge < -0.3 is 21.3 Å². The van der Waals surface area contributed by atoms with E-state index < -0.39 is 0 Å². The second-order valence-electron chi connectivity index (χ2n) is 3.63. The highest BCUT2D eigenvalue weighted by Crippen LogP contribution is 2.29. The van der Waals surface area contributed by atoms with Gasteiger partial charge in [-0.1, -0.05) is 0 Å². The van der Waals surface area contributed by atoms with Crippen LogP contribution in [0.1, 0.15) is 11.1 Å². The third-order valence-electron chi connectivity index (χ3n) is 2.11. The maximum Gasteiger partial charge on any atom is 0.184 e. The van der Waals surface area contributed by atoms with Crippen LogP contribution in [0.4, 0.5) is 0 Å². The average molecular weight is 326 g/mol. The first-order chi connectivity index (χ1) is 9.93. The first kappa shape index (κ1) is 16.6. The van der Waals surface area contributed by atoms with Gasteiger partial charge in [0.05, 0.1) is 19.5 Å². The number of rotatable bonds is 5. The molecule has 112 valence electrons. The Morgan fingerprint density at radius 2 is 1.76 bits per heavy atom. The molecule has 0 spiro atoms. The van der Waals surface area contributed by atoms with Crippen LogP contribution < -0.4 is 27.1 Å². The predicted octanol–water partition coefficient (Wildman–Crippen LogP) is -0.265. The van der Waals surface area contributed by atoms with Gasteiger partial charge in [0, 0.05) is 5.56 Å². The van der Waals surface area contributed by atoms with Gasteiger partial charge in [-0.05, 0) is 42.1 Å². The summed E-state index contributed by atoms with van der Waals surface area (Å²) in [6.07, 6.45) is 2.80. The van der Waals surface area contributed by atoms with E-state index in [4.69, 9.17) is 16.2 Å². The van der Waals surface area contributed by atoms with Gasteiger partial charge in [-0.2, -0.15) is 10.2 Å². The fourth-order valence-electron chi connectivity index (χ4n) is 1.32. The lowest BCUT2D eigenvalue weighted by atomic mass is 10.1. The normalized spacial score (nSPS) is 10.7. The molecule has 0 fully saturated rings. The molecule has 1 rings (SSSR count). The molecule has 0 bridgehead atoms. The summed E-state index contributed by atoms with van der Waals surface area (Å²) >= 11 is 9.23. The molecule has 0 unspecified atom stereocenters. The zero-order valence-corrected chi connectivity index (χ0v) is 12.7. The van der Waals surface area contributed by atoms with Gasteiger partial charge >= 0.3 is 0 Å². The molecule has 0 radical (unpaired) electrons. The summed E-state index contributed by atoms with van der Waals surface area (Å²) in [6, 6.07) is 3.20. The van der Waals surface area contributed by atoms with Gasteiger partial charge in [-0.3, -0.25) is 10.9 Å². The lowest BCUT2D eigenvalue weighted by Crippen LogP contribution is -2.24. The second-order valence-corrected chi connectivity index (χ2v) is 4.51. The molecule has 0 aromatic heterocycles. The topological polar surface area (TPSA) is 130 Å². The molecule has 0 atom stereocenters. The number of benzene rings is 1. The van der Waals surface area contributed by atoms with Crippen molar-refractivity contribution in [2.75, 3.05) is 7.11 Å². The monoisotopic (exact) mass is 326 g/mol. The number of ether oxygens (including phenoxy) is 1. The highest BCUT2D eigenvalue weighted by molar-refractivity contribution is 7.80. The van der Waals surface area contributed by atoms with Crippen molar-refractivity contribution in [3.05, 3.63) is 23.3 Å². The zero-order chi connectivity index (χ0) is 15.8. The maximum absolute atomic E-state index is 9.98. The number of hydrogen-bond donors (Lipinski definition) is 5. The summed E-state index contributed by atoms with van der Waals surface area (Å²) < 4.78 is 5.07. The van der Waals surface area contributed by atoms with Crippen LogP contribution in [0.3, 0.4) is 0 Å². The molecule has 8 nitrogen and oxygen atoms in total. The molecule has 0 aliphatic carbocycles. The Morgan fingerprint density at radius 1 is 1.19 bits per heavy atom. The molecule has 7 N–H and O–H groups in total. The Bertz CT molecular complexity index is 603. The number of phenolic OH excluding ortho intramolecular Hbond substituents is 1. The van der Waals surface area contributed by atoms with Crippen molar-refractivity contribution in [1.82, 2.24) is 10.9 Å². The largest absolute Gasteiger partial charge is 0.504 e. The molecular formula is C11H14N6O2S2. The number of nitrogens with one attached hydrogen (secondary N) is 2. The first-order valence-electron chi connectivity index (χ1n) is 5.52. The van der Waals surface area contributed by atoms with E-state index in [2.05, 4.69) is 45.5 Å². The Labute approximate surface area is 131 Å². The highest BCUT2D eigenvalue weighted by Gasteiger charge is 2.08. The molecule has 0 heterocycles. The van der Waals surface area contributed by atoms with Crippen molar-refractivity contribution < 1.29 is 9.84 Å². The lowest BCUT2D eigenvalue weighted by Gasteiger charge is -2.07. The minimum absolute atomic E-state index is 0.0103. The molecule has 21 heavy (non-hydrogen) atoms. The van der Waals surface area contributed by atoms with Gasteiger partial charge in [-0.25, -0.2) is 0 Å². The molecular weight excluding hydrogens is 312 g/mol. The Balaban J connectivity index is 3.06. The van der Waals surface area contributed by atoms with Gasteiger partial charge in [0.25, 0.3) is 0 Å². The minimum Gasteiger partial charge on any atom is -0.504 e. The maximum atomic E-state index is 9.98. The summed E-state index contributed by atoms with van der Waals surface area (Å²) in [5, 5.41) is 17.6. The third-order valence-corrected chi connectivity index (χ3v) is 2.30. The van der Waals surface area contributed by atoms with Crippen LogP contribution in [0.5, 0.6) is 11.5 Å². The highest BCUT2D eigenvalue weighted by atomic mass is 32.1. The summed E-state index contributed by atoms with van der Waals surface area (Å²) in [6.45, 7) is 0. The van der Waals surface area contributed by atoms with E-state index in [1.165, 1.54) is 19.5 Å². The fourth-order valence-corrected chi connectivity index (χ4v) is 1.42. The van der Waals surface area contributed by atoms with Crippen molar-refractivity contribution in [2.45, 2.75) is 0 Å². The number of hydrazone groups is 2. The molecule has 0 aliphatic rings. The second kappa shape index (κ2) is 7.97. The van der Waals surface area contributed by atoms with Gasteiger partial charge in [0.15, 0.2) is 21.7 Å². The summed E-state index contributed by atoms with van der Waals surface area (Å²) in [7, 11) is 1.43. The lowest BCUT2D eigenvalue weighted by molar-refractivity contribution is 0.373. The molecule has 1 aromatic carbocycles. The predicted molar refractivity (Wildman–Crippen MR) is 89.7 cm³/mol. The average Bonchev–Trinajstić information content (AvgIpc) is 2.40. The number of thiocarbonyl (C=S) groups is 2. The Hall–Kier alpha value is -2.46. The van der Waals surface area contributed by atoms with Crippen LogP contribution >= 0.6 is 24.4 Å². The van der Waals surface area contributed by atoms with E-state index >= 15 is 0 Å². The summed E-state index contributed by atoms with van der Waals surface area (Å²) in [5.74, 6) is 0.177. The van der Waals surface area contributed by atoms with E-state index in [0.29, 0.717) is 11.1 Å². The number of nitrogens with zero attached hydrogens (tertiary/aromatic N) is 2. The van der Waals surface area contributed by atoms with E-state index in [0.717, 1.165) is 0 Å². The number of hydrogen-bond acceptors (Lipinski definition) is 6. The zero-order valence-electron chi connectivity index (χ0n) is 11.0. The molecule has 0 saturated carbocycles. The number of nitrogens with two attached hydrogens (primary N) is 2. The summed E-state index contributed by atoms with van der Waals surface area (Å²) in [4.78, 5) is 0. The number of methoxy groups -OCH3 is 1. The van der Waals surface area contributed by atoms with Crippen molar-refractivity contribution in [1.29, 1.82) is 0 Å².